The monoisotopic (exact) mass is 198 g/mol. The van der Waals surface area contributed by atoms with Crippen LogP contribution in [0.4, 0.5) is 5.69 Å². The number of nitrogens with zero attached hydrogens (tertiary/aromatic N) is 2. The highest BCUT2D eigenvalue weighted by Crippen LogP contribution is 2.17. The van der Waals surface area contributed by atoms with Crippen LogP contribution in [0.15, 0.2) is 41.5 Å². The molecule has 0 fully saturated rings. The first-order valence-corrected chi connectivity index (χ1v) is 5.27. The van der Waals surface area contributed by atoms with E-state index >= 15 is 0 Å². The lowest BCUT2D eigenvalue weighted by molar-refractivity contribution is 1.01. The van der Waals surface area contributed by atoms with E-state index in [2.05, 4.69) is 29.0 Å². The number of fused-ring (bicyclic) bond motifs is 1. The number of hydrogen-bond donors (Lipinski definition) is 0. The van der Waals surface area contributed by atoms with Gasteiger partial charge in [0.05, 0.1) is 17.4 Å². The highest BCUT2D eigenvalue weighted by atomic mass is 14.8. The molecule has 0 atom stereocenters. The van der Waals surface area contributed by atoms with Crippen LogP contribution in [0.25, 0.3) is 10.9 Å². The Balaban J connectivity index is 2.30. The molecule has 2 aromatic rings. The molecular formula is C13H14N2. The van der Waals surface area contributed by atoms with Crippen molar-refractivity contribution in [3.8, 4) is 0 Å². The Morgan fingerprint density at radius 1 is 1.33 bits per heavy atom. The van der Waals surface area contributed by atoms with Crippen molar-refractivity contribution >= 4 is 22.8 Å². The maximum atomic E-state index is 4.36. The minimum Gasteiger partial charge on any atom is -0.260 e. The summed E-state index contributed by atoms with van der Waals surface area (Å²) in [6, 6.07) is 10.1. The lowest BCUT2D eigenvalue weighted by Gasteiger charge is -1.97. The van der Waals surface area contributed by atoms with Crippen LogP contribution in [0.1, 0.15) is 19.8 Å². The first kappa shape index (κ1) is 9.84. The summed E-state index contributed by atoms with van der Waals surface area (Å²) < 4.78 is 0. The fourth-order valence-corrected chi connectivity index (χ4v) is 1.43. The molecule has 0 aliphatic carbocycles. The molecule has 1 aromatic carbocycles. The van der Waals surface area contributed by atoms with E-state index in [0.29, 0.717) is 0 Å². The molecule has 1 heterocycles. The minimum atomic E-state index is 0.933. The van der Waals surface area contributed by atoms with Crippen LogP contribution in [0, 0.1) is 0 Å². The first-order valence-electron chi connectivity index (χ1n) is 5.27. The van der Waals surface area contributed by atoms with Gasteiger partial charge in [0.25, 0.3) is 0 Å². The fraction of sp³-hybridized carbons (Fsp3) is 0.231. The van der Waals surface area contributed by atoms with Crippen LogP contribution in [0.5, 0.6) is 0 Å². The molecule has 76 valence electrons. The second kappa shape index (κ2) is 4.69. The van der Waals surface area contributed by atoms with Gasteiger partial charge in [-0.15, -0.1) is 0 Å². The highest BCUT2D eigenvalue weighted by molar-refractivity contribution is 5.81. The maximum Gasteiger partial charge on any atom is 0.0815 e. The molecule has 0 saturated carbocycles. The van der Waals surface area contributed by atoms with Gasteiger partial charge < -0.3 is 0 Å². The van der Waals surface area contributed by atoms with E-state index in [9.17, 15) is 0 Å². The van der Waals surface area contributed by atoms with Crippen molar-refractivity contribution in [1.82, 2.24) is 4.98 Å². The largest absolute Gasteiger partial charge is 0.260 e. The van der Waals surface area contributed by atoms with Crippen LogP contribution in [-0.4, -0.2) is 11.2 Å². The molecule has 0 aliphatic heterocycles. The van der Waals surface area contributed by atoms with Gasteiger partial charge in [-0.05, 0) is 18.6 Å². The van der Waals surface area contributed by atoms with Gasteiger partial charge in [-0.3, -0.25) is 9.98 Å². The summed E-state index contributed by atoms with van der Waals surface area (Å²) in [5, 5.41) is 1.14. The van der Waals surface area contributed by atoms with Crippen molar-refractivity contribution in [3.63, 3.8) is 0 Å². The third-order valence-electron chi connectivity index (χ3n) is 2.23. The van der Waals surface area contributed by atoms with Gasteiger partial charge in [-0.2, -0.15) is 0 Å². The molecule has 2 nitrogen and oxygen atoms in total. The van der Waals surface area contributed by atoms with Gasteiger partial charge in [0, 0.05) is 11.6 Å². The van der Waals surface area contributed by atoms with E-state index in [0.717, 1.165) is 29.4 Å². The smallest absolute Gasteiger partial charge is 0.0815 e. The van der Waals surface area contributed by atoms with Gasteiger partial charge in [0.15, 0.2) is 0 Å². The first-order chi connectivity index (χ1) is 7.40. The van der Waals surface area contributed by atoms with Crippen LogP contribution in [0.2, 0.25) is 0 Å². The van der Waals surface area contributed by atoms with E-state index < -0.39 is 0 Å². The Bertz CT molecular complexity index is 475. The second-order valence-corrected chi connectivity index (χ2v) is 3.49. The van der Waals surface area contributed by atoms with Crippen LogP contribution >= 0.6 is 0 Å². The fourth-order valence-electron chi connectivity index (χ4n) is 1.43. The molecule has 0 aliphatic rings. The number of rotatable bonds is 3. The van der Waals surface area contributed by atoms with Gasteiger partial charge in [0.2, 0.25) is 0 Å². The van der Waals surface area contributed by atoms with Crippen molar-refractivity contribution in [2.75, 3.05) is 0 Å². The summed E-state index contributed by atoms with van der Waals surface area (Å²) >= 11 is 0. The number of unbranched alkanes of at least 4 members (excludes halogenated alkanes) is 1. The number of benzene rings is 1. The Kier molecular flexibility index (Phi) is 3.08. The summed E-state index contributed by atoms with van der Waals surface area (Å²) in [6.07, 6.45) is 5.91. The van der Waals surface area contributed by atoms with Gasteiger partial charge in [-0.25, -0.2) is 0 Å². The summed E-state index contributed by atoms with van der Waals surface area (Å²) in [5.74, 6) is 0. The molecule has 0 amide bonds. The number of aromatic nitrogens is 1. The lowest BCUT2D eigenvalue weighted by Crippen LogP contribution is -1.78. The highest BCUT2D eigenvalue weighted by Gasteiger charge is 1.94. The van der Waals surface area contributed by atoms with Crippen LogP contribution in [0.3, 0.4) is 0 Å². The second-order valence-electron chi connectivity index (χ2n) is 3.49. The molecule has 0 radical (unpaired) electrons. The van der Waals surface area contributed by atoms with Gasteiger partial charge >= 0.3 is 0 Å². The number of pyridine rings is 1. The predicted octanol–water partition coefficient (Wildman–Crippen LogP) is 3.74. The molecular weight excluding hydrogens is 184 g/mol. The third kappa shape index (κ3) is 2.40. The zero-order chi connectivity index (χ0) is 10.5. The Hall–Kier alpha value is -1.70. The lowest BCUT2D eigenvalue weighted by atomic mass is 10.2. The standard InChI is InChI=1S/C13H14N2/c1-2-3-8-14-12-9-11-6-4-5-7-13(11)15-10-12/h4-10H,2-3H2,1H3. The predicted molar refractivity (Wildman–Crippen MR) is 64.8 cm³/mol. The molecule has 15 heavy (non-hydrogen) atoms. The maximum absolute atomic E-state index is 4.36. The molecule has 0 saturated heterocycles. The summed E-state index contributed by atoms with van der Waals surface area (Å²) in [4.78, 5) is 8.70. The van der Waals surface area contributed by atoms with Crippen molar-refractivity contribution in [1.29, 1.82) is 0 Å². The number of aliphatic imine (C=N–C) groups is 1. The molecule has 0 bridgehead atoms. The average molecular weight is 198 g/mol. The molecule has 2 rings (SSSR count). The zero-order valence-electron chi connectivity index (χ0n) is 8.85. The molecule has 0 unspecified atom stereocenters. The topological polar surface area (TPSA) is 25.2 Å². The van der Waals surface area contributed by atoms with Crippen molar-refractivity contribution in [2.45, 2.75) is 19.8 Å². The van der Waals surface area contributed by atoms with Gasteiger partial charge in [-0.1, -0.05) is 31.5 Å². The molecule has 1 aromatic heterocycles. The van der Waals surface area contributed by atoms with E-state index in [1.165, 1.54) is 0 Å². The third-order valence-corrected chi connectivity index (χ3v) is 2.23. The van der Waals surface area contributed by atoms with Crippen molar-refractivity contribution in [3.05, 3.63) is 36.5 Å². The Labute approximate surface area is 89.7 Å². The molecule has 0 spiro atoms. The minimum absolute atomic E-state index is 0.933. The SMILES string of the molecule is CCCC=Nc1cnc2ccccc2c1. The van der Waals surface area contributed by atoms with E-state index in [4.69, 9.17) is 0 Å². The zero-order valence-corrected chi connectivity index (χ0v) is 8.85. The van der Waals surface area contributed by atoms with Crippen molar-refractivity contribution in [2.24, 2.45) is 4.99 Å². The van der Waals surface area contributed by atoms with Crippen molar-refractivity contribution < 1.29 is 0 Å². The average Bonchev–Trinajstić information content (AvgIpc) is 2.29. The summed E-state index contributed by atoms with van der Waals surface area (Å²) in [5.41, 5.74) is 1.95. The van der Waals surface area contributed by atoms with E-state index in [1.54, 1.807) is 0 Å². The van der Waals surface area contributed by atoms with E-state index in [-0.39, 0.29) is 0 Å². The molecule has 0 N–H and O–H groups in total. The Morgan fingerprint density at radius 2 is 2.20 bits per heavy atom. The number of para-hydroxylation sites is 1. The number of hydrogen-bond acceptors (Lipinski definition) is 2. The summed E-state index contributed by atoms with van der Waals surface area (Å²) in [6.45, 7) is 2.14. The quantitative estimate of drug-likeness (QED) is 0.690. The normalized spacial score (nSPS) is 11.3. The van der Waals surface area contributed by atoms with Crippen LogP contribution in [-0.2, 0) is 0 Å². The summed E-state index contributed by atoms with van der Waals surface area (Å²) in [7, 11) is 0. The van der Waals surface area contributed by atoms with Gasteiger partial charge in [0.1, 0.15) is 0 Å². The van der Waals surface area contributed by atoms with E-state index in [1.807, 2.05) is 30.6 Å². The Morgan fingerprint density at radius 3 is 3.07 bits per heavy atom. The molecule has 2 heteroatoms. The van der Waals surface area contributed by atoms with Crippen LogP contribution < -0.4 is 0 Å².